The van der Waals surface area contributed by atoms with Crippen LogP contribution in [0.25, 0.3) is 11.0 Å². The summed E-state index contributed by atoms with van der Waals surface area (Å²) in [5, 5.41) is 2.97. The maximum Gasteiger partial charge on any atom is 0.455 e. The van der Waals surface area contributed by atoms with E-state index >= 15 is 0 Å². The molecule has 134 valence electrons. The monoisotopic (exact) mass is 379 g/mol. The zero-order chi connectivity index (χ0) is 18.9. The van der Waals surface area contributed by atoms with Gasteiger partial charge in [-0.05, 0) is 42.7 Å². The summed E-state index contributed by atoms with van der Waals surface area (Å²) in [6.07, 6.45) is -3.31. The van der Waals surface area contributed by atoms with Crippen molar-refractivity contribution in [3.05, 3.63) is 64.5 Å². The lowest BCUT2D eigenvalue weighted by Crippen LogP contribution is -2.29. The van der Waals surface area contributed by atoms with Gasteiger partial charge in [0.25, 0.3) is 5.78 Å². The lowest BCUT2D eigenvalue weighted by atomic mass is 10.1. The van der Waals surface area contributed by atoms with Crippen LogP contribution in [0.4, 0.5) is 24.5 Å². The van der Waals surface area contributed by atoms with Gasteiger partial charge in [-0.3, -0.25) is 4.79 Å². The minimum absolute atomic E-state index is 0.0828. The van der Waals surface area contributed by atoms with E-state index in [0.29, 0.717) is 5.69 Å². The molecule has 2 aromatic carbocycles. The number of carbonyl (C=O) groups is 1. The molecule has 0 atom stereocenters. The third-order valence-corrected chi connectivity index (χ3v) is 4.40. The summed E-state index contributed by atoms with van der Waals surface area (Å²) in [6.45, 7) is 0. The van der Waals surface area contributed by atoms with Gasteiger partial charge in [-0.1, -0.05) is 12.1 Å². The molecule has 0 saturated carbocycles. The van der Waals surface area contributed by atoms with E-state index in [2.05, 4.69) is 5.32 Å². The lowest BCUT2D eigenvalue weighted by Gasteiger charge is -2.14. The summed E-state index contributed by atoms with van der Waals surface area (Å²) < 4.78 is 43.8. The topological polar surface area (TPSA) is 59.3 Å². The Morgan fingerprint density at radius 2 is 1.73 bits per heavy atom. The summed E-state index contributed by atoms with van der Waals surface area (Å²) in [6, 6.07) is 12.9. The van der Waals surface area contributed by atoms with Gasteiger partial charge >= 0.3 is 11.8 Å². The van der Waals surface area contributed by atoms with E-state index in [9.17, 15) is 22.8 Å². The van der Waals surface area contributed by atoms with E-state index in [0.717, 1.165) is 4.90 Å². The zero-order valence-corrected chi connectivity index (χ0v) is 14.2. The Kier molecular flexibility index (Phi) is 4.78. The van der Waals surface area contributed by atoms with E-state index in [1.807, 2.05) is 6.26 Å². The van der Waals surface area contributed by atoms with Crippen LogP contribution in [0.2, 0.25) is 0 Å². The summed E-state index contributed by atoms with van der Waals surface area (Å²) in [5.74, 6) is -2.25. The second-order valence-corrected chi connectivity index (χ2v) is 6.20. The molecule has 0 aliphatic heterocycles. The van der Waals surface area contributed by atoms with Gasteiger partial charge in [0.2, 0.25) is 0 Å². The average molecular weight is 379 g/mol. The lowest BCUT2D eigenvalue weighted by molar-refractivity contribution is -0.0886. The molecule has 0 fully saturated rings. The summed E-state index contributed by atoms with van der Waals surface area (Å²) >= 11 is 1.50. The third-order valence-electron chi connectivity index (χ3n) is 3.66. The van der Waals surface area contributed by atoms with E-state index in [1.54, 1.807) is 36.4 Å². The van der Waals surface area contributed by atoms with Crippen LogP contribution in [0.1, 0.15) is 10.4 Å². The zero-order valence-electron chi connectivity index (χ0n) is 13.4. The van der Waals surface area contributed by atoms with Gasteiger partial charge in [0.1, 0.15) is 11.1 Å². The Balaban J connectivity index is 2.22. The van der Waals surface area contributed by atoms with Crippen molar-refractivity contribution < 1.29 is 22.4 Å². The summed E-state index contributed by atoms with van der Waals surface area (Å²) in [5.41, 5.74) is -2.11. The van der Waals surface area contributed by atoms with Crippen molar-refractivity contribution in [1.29, 1.82) is 0 Å². The fourth-order valence-electron chi connectivity index (χ4n) is 2.45. The number of benzene rings is 2. The highest BCUT2D eigenvalue weighted by Gasteiger charge is 2.43. The molecule has 0 saturated heterocycles. The fourth-order valence-corrected chi connectivity index (χ4v) is 2.85. The Morgan fingerprint density at radius 3 is 2.35 bits per heavy atom. The van der Waals surface area contributed by atoms with Crippen LogP contribution in [0.5, 0.6) is 0 Å². The van der Waals surface area contributed by atoms with E-state index in [4.69, 9.17) is 4.42 Å². The van der Waals surface area contributed by atoms with Crippen molar-refractivity contribution >= 4 is 39.9 Å². The molecule has 3 rings (SSSR count). The summed E-state index contributed by atoms with van der Waals surface area (Å²) in [4.78, 5) is 24.9. The number of hydrogen-bond donors (Lipinski definition) is 1. The number of ketones is 1. The van der Waals surface area contributed by atoms with Gasteiger partial charge in [-0.2, -0.15) is 13.2 Å². The molecule has 0 radical (unpaired) electrons. The quantitative estimate of drug-likeness (QED) is 0.393. The molecule has 0 aliphatic rings. The standard InChI is InChI=1S/C18H12F3NO3S/c1-26-11-8-6-10(7-9-11)22-15-12-4-2-3-5-13(12)25-17(24)14(15)16(23)18(19,20)21/h2-9,22H,1H3. The van der Waals surface area contributed by atoms with Crippen LogP contribution < -0.4 is 10.9 Å². The van der Waals surface area contributed by atoms with Gasteiger partial charge in [0.15, 0.2) is 0 Å². The number of halogens is 3. The largest absolute Gasteiger partial charge is 0.455 e. The van der Waals surface area contributed by atoms with E-state index in [1.165, 1.54) is 23.9 Å². The van der Waals surface area contributed by atoms with Crippen LogP contribution in [-0.4, -0.2) is 18.2 Å². The van der Waals surface area contributed by atoms with Crippen LogP contribution in [0.15, 0.2) is 62.6 Å². The highest BCUT2D eigenvalue weighted by atomic mass is 32.2. The molecule has 0 bridgehead atoms. The van der Waals surface area contributed by atoms with Gasteiger partial charge in [-0.15, -0.1) is 11.8 Å². The van der Waals surface area contributed by atoms with Gasteiger partial charge in [0.05, 0.1) is 5.69 Å². The van der Waals surface area contributed by atoms with Crippen molar-refractivity contribution in [1.82, 2.24) is 0 Å². The number of para-hydroxylation sites is 1. The number of nitrogens with one attached hydrogen (secondary N) is 1. The minimum Gasteiger partial charge on any atom is -0.422 e. The van der Waals surface area contributed by atoms with Gasteiger partial charge in [-0.25, -0.2) is 4.79 Å². The Labute approximate surface area is 150 Å². The molecule has 8 heteroatoms. The van der Waals surface area contributed by atoms with Crippen molar-refractivity contribution in [3.63, 3.8) is 0 Å². The van der Waals surface area contributed by atoms with Crippen molar-refractivity contribution in [3.8, 4) is 0 Å². The predicted molar refractivity (Wildman–Crippen MR) is 94.4 cm³/mol. The molecule has 0 amide bonds. The molecule has 1 aromatic heterocycles. The molecule has 1 heterocycles. The first-order valence-electron chi connectivity index (χ1n) is 7.39. The molecule has 4 nitrogen and oxygen atoms in total. The van der Waals surface area contributed by atoms with Crippen molar-refractivity contribution in [2.24, 2.45) is 0 Å². The second kappa shape index (κ2) is 6.87. The normalized spacial score (nSPS) is 11.5. The molecular weight excluding hydrogens is 367 g/mol. The van der Waals surface area contributed by atoms with Gasteiger partial charge < -0.3 is 9.73 Å². The smallest absolute Gasteiger partial charge is 0.422 e. The maximum absolute atomic E-state index is 13.0. The Morgan fingerprint density at radius 1 is 1.08 bits per heavy atom. The molecule has 0 unspecified atom stereocenters. The van der Waals surface area contributed by atoms with E-state index < -0.39 is 23.1 Å². The van der Waals surface area contributed by atoms with Gasteiger partial charge in [0, 0.05) is 16.0 Å². The number of carbonyl (C=O) groups excluding carboxylic acids is 1. The number of Topliss-reactive ketones (excluding diaryl/α,β-unsaturated/α-hetero) is 1. The third kappa shape index (κ3) is 3.45. The SMILES string of the molecule is CSc1ccc(Nc2c(C(=O)C(F)(F)F)c(=O)oc3ccccc23)cc1. The molecule has 0 spiro atoms. The van der Waals surface area contributed by atoms with Crippen LogP contribution in [0.3, 0.4) is 0 Å². The highest BCUT2D eigenvalue weighted by molar-refractivity contribution is 7.98. The maximum atomic E-state index is 13.0. The number of anilines is 2. The van der Waals surface area contributed by atoms with Crippen LogP contribution in [-0.2, 0) is 0 Å². The number of thioether (sulfide) groups is 1. The molecule has 26 heavy (non-hydrogen) atoms. The second-order valence-electron chi connectivity index (χ2n) is 5.32. The number of hydrogen-bond acceptors (Lipinski definition) is 5. The molecule has 1 N–H and O–H groups in total. The first-order valence-corrected chi connectivity index (χ1v) is 8.62. The molecule has 3 aromatic rings. The highest BCUT2D eigenvalue weighted by Crippen LogP contribution is 2.32. The Bertz CT molecular complexity index is 1030. The average Bonchev–Trinajstić information content (AvgIpc) is 2.61. The number of alkyl halides is 3. The predicted octanol–water partition coefficient (Wildman–Crippen LogP) is 5.00. The number of rotatable bonds is 4. The first-order chi connectivity index (χ1) is 12.3. The van der Waals surface area contributed by atoms with Crippen LogP contribution >= 0.6 is 11.8 Å². The van der Waals surface area contributed by atoms with E-state index in [-0.39, 0.29) is 16.7 Å². The fraction of sp³-hybridized carbons (Fsp3) is 0.111. The number of fused-ring (bicyclic) bond motifs is 1. The summed E-state index contributed by atoms with van der Waals surface area (Å²) in [7, 11) is 0. The van der Waals surface area contributed by atoms with Crippen molar-refractivity contribution in [2.75, 3.05) is 11.6 Å². The van der Waals surface area contributed by atoms with Crippen LogP contribution in [0, 0.1) is 0 Å². The molecular formula is C18H12F3NO3S. The van der Waals surface area contributed by atoms with Crippen molar-refractivity contribution in [2.45, 2.75) is 11.1 Å². The Hall–Kier alpha value is -2.74. The first kappa shape index (κ1) is 18.1. The molecule has 0 aliphatic carbocycles. The minimum atomic E-state index is -5.20.